The summed E-state index contributed by atoms with van der Waals surface area (Å²) in [4.78, 5) is 0. The lowest BCUT2D eigenvalue weighted by atomic mass is 9.80. The molecule has 0 fully saturated rings. The molecule has 1 N–H and O–H groups in total. The van der Waals surface area contributed by atoms with Crippen molar-refractivity contribution in [3.05, 3.63) is 29.8 Å². The van der Waals surface area contributed by atoms with Crippen LogP contribution in [0.1, 0.15) is 39.2 Å². The molecular weight excluding hydrogens is 200 g/mol. The fraction of sp³-hybridized carbons (Fsp3) is 0.571. The van der Waals surface area contributed by atoms with Gasteiger partial charge in [0.1, 0.15) is 5.75 Å². The average Bonchev–Trinajstić information content (AvgIpc) is 2.30. The van der Waals surface area contributed by atoms with Gasteiger partial charge in [0, 0.05) is 0 Å². The quantitative estimate of drug-likeness (QED) is 0.828. The fourth-order valence-electron chi connectivity index (χ4n) is 2.25. The molecule has 0 radical (unpaired) electrons. The number of aliphatic hydroxyl groups is 1. The number of hydrogen-bond donors (Lipinski definition) is 1. The zero-order valence-electron chi connectivity index (χ0n) is 10.7. The Morgan fingerprint density at radius 2 is 1.69 bits per heavy atom. The zero-order chi connectivity index (χ0) is 12.2. The lowest BCUT2D eigenvalue weighted by Gasteiger charge is -2.32. The van der Waals surface area contributed by atoms with Crippen LogP contribution in [-0.4, -0.2) is 12.2 Å². The van der Waals surface area contributed by atoms with Crippen LogP contribution in [0.2, 0.25) is 0 Å². The van der Waals surface area contributed by atoms with Crippen molar-refractivity contribution >= 4 is 0 Å². The predicted molar refractivity (Wildman–Crippen MR) is 66.6 cm³/mol. The molecular formula is C14H22O2. The highest BCUT2D eigenvalue weighted by atomic mass is 16.5. The first-order valence-corrected chi connectivity index (χ1v) is 5.93. The summed E-state index contributed by atoms with van der Waals surface area (Å²) in [6.07, 6.45) is 1.96. The van der Waals surface area contributed by atoms with Crippen LogP contribution in [-0.2, 0) is 5.60 Å². The second-order valence-electron chi connectivity index (χ2n) is 4.39. The summed E-state index contributed by atoms with van der Waals surface area (Å²) in [7, 11) is 1.65. The van der Waals surface area contributed by atoms with Crippen molar-refractivity contribution in [3.8, 4) is 5.75 Å². The van der Waals surface area contributed by atoms with Crippen LogP contribution in [0, 0.1) is 5.92 Å². The van der Waals surface area contributed by atoms with E-state index in [2.05, 4.69) is 13.8 Å². The van der Waals surface area contributed by atoms with Crippen LogP contribution in [0.25, 0.3) is 0 Å². The van der Waals surface area contributed by atoms with Crippen LogP contribution in [0.3, 0.4) is 0 Å². The molecule has 2 nitrogen and oxygen atoms in total. The molecule has 0 spiro atoms. The summed E-state index contributed by atoms with van der Waals surface area (Å²) in [5, 5.41) is 10.6. The van der Waals surface area contributed by atoms with Crippen LogP contribution in [0.5, 0.6) is 5.75 Å². The summed E-state index contributed by atoms with van der Waals surface area (Å²) >= 11 is 0. The van der Waals surface area contributed by atoms with Gasteiger partial charge in [-0.05, 0) is 30.5 Å². The summed E-state index contributed by atoms with van der Waals surface area (Å²) in [5.41, 5.74) is 0.206. The van der Waals surface area contributed by atoms with Crippen LogP contribution in [0.4, 0.5) is 0 Å². The number of ether oxygens (including phenoxy) is 1. The normalized spacial score (nSPS) is 14.9. The number of methoxy groups -OCH3 is 1. The number of benzene rings is 1. The van der Waals surface area contributed by atoms with Gasteiger partial charge in [-0.15, -0.1) is 0 Å². The molecule has 90 valence electrons. The Bertz CT molecular complexity index is 310. The van der Waals surface area contributed by atoms with Gasteiger partial charge in [0.05, 0.1) is 12.7 Å². The van der Waals surface area contributed by atoms with E-state index < -0.39 is 5.60 Å². The van der Waals surface area contributed by atoms with Gasteiger partial charge in [-0.25, -0.2) is 0 Å². The first-order valence-electron chi connectivity index (χ1n) is 5.93. The minimum Gasteiger partial charge on any atom is -0.497 e. The van der Waals surface area contributed by atoms with Gasteiger partial charge in [0.2, 0.25) is 0 Å². The van der Waals surface area contributed by atoms with Crippen molar-refractivity contribution in [2.45, 2.75) is 39.2 Å². The third-order valence-corrected chi connectivity index (χ3v) is 3.46. The molecule has 2 heteroatoms. The molecule has 0 aliphatic heterocycles. The molecule has 1 unspecified atom stereocenters. The van der Waals surface area contributed by atoms with E-state index in [-0.39, 0.29) is 0 Å². The maximum atomic E-state index is 10.6. The highest BCUT2D eigenvalue weighted by molar-refractivity contribution is 5.30. The minimum atomic E-state index is -0.754. The van der Waals surface area contributed by atoms with E-state index >= 15 is 0 Å². The molecule has 0 aromatic heterocycles. The Kier molecular flexibility index (Phi) is 4.36. The van der Waals surface area contributed by atoms with Gasteiger partial charge in [0.15, 0.2) is 0 Å². The Labute approximate surface area is 98.3 Å². The van der Waals surface area contributed by atoms with Gasteiger partial charge in [-0.3, -0.25) is 0 Å². The van der Waals surface area contributed by atoms with E-state index in [9.17, 15) is 5.11 Å². The SMILES string of the molecule is CCC(CC)C(C)(O)c1ccc(OC)cc1. The average molecular weight is 222 g/mol. The molecule has 0 bridgehead atoms. The molecule has 0 aliphatic rings. The zero-order valence-corrected chi connectivity index (χ0v) is 10.7. The molecule has 1 aromatic carbocycles. The summed E-state index contributed by atoms with van der Waals surface area (Å²) in [5.74, 6) is 1.12. The molecule has 1 aromatic rings. The summed E-state index contributed by atoms with van der Waals surface area (Å²) in [6, 6.07) is 7.67. The highest BCUT2D eigenvalue weighted by Gasteiger charge is 2.30. The highest BCUT2D eigenvalue weighted by Crippen LogP contribution is 2.34. The van der Waals surface area contributed by atoms with Gasteiger partial charge >= 0.3 is 0 Å². The minimum absolute atomic E-state index is 0.292. The van der Waals surface area contributed by atoms with Gasteiger partial charge < -0.3 is 9.84 Å². The van der Waals surface area contributed by atoms with Crippen molar-refractivity contribution in [3.63, 3.8) is 0 Å². The van der Waals surface area contributed by atoms with E-state index in [4.69, 9.17) is 4.74 Å². The second kappa shape index (κ2) is 5.35. The van der Waals surface area contributed by atoms with E-state index in [1.807, 2.05) is 31.2 Å². The van der Waals surface area contributed by atoms with Gasteiger partial charge in [-0.1, -0.05) is 38.8 Å². The summed E-state index contributed by atoms with van der Waals surface area (Å²) in [6.45, 7) is 6.13. The van der Waals surface area contributed by atoms with E-state index in [0.717, 1.165) is 24.2 Å². The Hall–Kier alpha value is -1.02. The second-order valence-corrected chi connectivity index (χ2v) is 4.39. The fourth-order valence-corrected chi connectivity index (χ4v) is 2.25. The lowest BCUT2D eigenvalue weighted by Crippen LogP contribution is -2.31. The monoisotopic (exact) mass is 222 g/mol. The molecule has 0 aliphatic carbocycles. The summed E-state index contributed by atoms with van der Waals surface area (Å²) < 4.78 is 5.11. The molecule has 0 saturated carbocycles. The van der Waals surface area contributed by atoms with Crippen molar-refractivity contribution < 1.29 is 9.84 Å². The Balaban J connectivity index is 2.96. The molecule has 16 heavy (non-hydrogen) atoms. The maximum absolute atomic E-state index is 10.6. The molecule has 1 atom stereocenters. The van der Waals surface area contributed by atoms with Crippen LogP contribution >= 0.6 is 0 Å². The molecule has 0 amide bonds. The van der Waals surface area contributed by atoms with E-state index in [1.165, 1.54) is 0 Å². The molecule has 0 saturated heterocycles. The van der Waals surface area contributed by atoms with Crippen LogP contribution < -0.4 is 4.74 Å². The number of rotatable bonds is 5. The first kappa shape index (κ1) is 13.0. The largest absolute Gasteiger partial charge is 0.497 e. The van der Waals surface area contributed by atoms with E-state index in [1.54, 1.807) is 7.11 Å². The lowest BCUT2D eigenvalue weighted by molar-refractivity contribution is -0.00952. The molecule has 0 heterocycles. The number of hydrogen-bond acceptors (Lipinski definition) is 2. The molecule has 1 rings (SSSR count). The standard InChI is InChI=1S/C14H22O2/c1-5-11(6-2)14(3,15)12-7-9-13(16-4)10-8-12/h7-11,15H,5-6H2,1-4H3. The third kappa shape index (κ3) is 2.56. The van der Waals surface area contributed by atoms with Crippen molar-refractivity contribution in [2.75, 3.05) is 7.11 Å². The van der Waals surface area contributed by atoms with Crippen molar-refractivity contribution in [1.29, 1.82) is 0 Å². The third-order valence-electron chi connectivity index (χ3n) is 3.46. The Morgan fingerprint density at radius 3 is 2.06 bits per heavy atom. The van der Waals surface area contributed by atoms with Gasteiger partial charge in [0.25, 0.3) is 0 Å². The maximum Gasteiger partial charge on any atom is 0.118 e. The smallest absolute Gasteiger partial charge is 0.118 e. The van der Waals surface area contributed by atoms with Crippen LogP contribution in [0.15, 0.2) is 24.3 Å². The van der Waals surface area contributed by atoms with Gasteiger partial charge in [-0.2, -0.15) is 0 Å². The van der Waals surface area contributed by atoms with Crippen molar-refractivity contribution in [2.24, 2.45) is 5.92 Å². The predicted octanol–water partition coefficient (Wildman–Crippen LogP) is 3.34. The topological polar surface area (TPSA) is 29.5 Å². The van der Waals surface area contributed by atoms with Crippen molar-refractivity contribution in [1.82, 2.24) is 0 Å². The first-order chi connectivity index (χ1) is 7.56. The Morgan fingerprint density at radius 1 is 1.19 bits per heavy atom. The van der Waals surface area contributed by atoms with E-state index in [0.29, 0.717) is 5.92 Å².